The van der Waals surface area contributed by atoms with Gasteiger partial charge in [0.15, 0.2) is 5.96 Å². The number of rotatable bonds is 8. The molecule has 9 nitrogen and oxygen atoms in total. The maximum absolute atomic E-state index is 12.1. The Morgan fingerprint density at radius 2 is 1.96 bits per heavy atom. The van der Waals surface area contributed by atoms with Gasteiger partial charge in [0.25, 0.3) is 0 Å². The molecule has 11 heteroatoms. The van der Waals surface area contributed by atoms with Crippen LogP contribution >= 0.6 is 24.0 Å². The standard InChI is InChI=1S/C17H35N5O4S.HI/c1-17(2,3)21-15(23)13-22(5)16(18-4)19-9-11-27(24,25)20-12-14-8-6-7-10-26-14;/h14,20H,6-13H2,1-5H3,(H,18,19)(H,21,23);1H. The van der Waals surface area contributed by atoms with Crippen LogP contribution in [0.1, 0.15) is 40.0 Å². The van der Waals surface area contributed by atoms with E-state index in [0.29, 0.717) is 19.1 Å². The third-order valence-corrected chi connectivity index (χ3v) is 5.28. The summed E-state index contributed by atoms with van der Waals surface area (Å²) in [6.07, 6.45) is 2.95. The molecule has 1 fully saturated rings. The summed E-state index contributed by atoms with van der Waals surface area (Å²) in [6.45, 7) is 7.06. The van der Waals surface area contributed by atoms with Gasteiger partial charge in [-0.2, -0.15) is 0 Å². The van der Waals surface area contributed by atoms with E-state index in [0.717, 1.165) is 19.3 Å². The monoisotopic (exact) mass is 533 g/mol. The minimum absolute atomic E-state index is 0. The molecule has 1 aliphatic rings. The third-order valence-electron chi connectivity index (χ3n) is 3.93. The van der Waals surface area contributed by atoms with Gasteiger partial charge in [-0.3, -0.25) is 9.79 Å². The predicted molar refractivity (Wildman–Crippen MR) is 123 cm³/mol. The van der Waals surface area contributed by atoms with Crippen molar-refractivity contribution in [1.29, 1.82) is 0 Å². The fourth-order valence-electron chi connectivity index (χ4n) is 2.69. The lowest BCUT2D eigenvalue weighted by Gasteiger charge is -2.25. The van der Waals surface area contributed by atoms with Crippen LogP contribution in [0.15, 0.2) is 4.99 Å². The Labute approximate surface area is 186 Å². The maximum atomic E-state index is 12.1. The van der Waals surface area contributed by atoms with Crippen LogP contribution < -0.4 is 15.4 Å². The molecule has 166 valence electrons. The zero-order valence-electron chi connectivity index (χ0n) is 17.6. The van der Waals surface area contributed by atoms with Gasteiger partial charge < -0.3 is 20.3 Å². The number of halogens is 1. The second kappa shape index (κ2) is 12.8. The number of nitrogens with zero attached hydrogens (tertiary/aromatic N) is 2. The summed E-state index contributed by atoms with van der Waals surface area (Å²) in [6, 6.07) is 0. The van der Waals surface area contributed by atoms with Crippen molar-refractivity contribution in [2.24, 2.45) is 4.99 Å². The van der Waals surface area contributed by atoms with E-state index in [1.165, 1.54) is 0 Å². The highest BCUT2D eigenvalue weighted by molar-refractivity contribution is 14.0. The molecule has 0 saturated carbocycles. The normalized spacial score (nSPS) is 18.2. The van der Waals surface area contributed by atoms with Gasteiger partial charge in [0, 0.05) is 39.3 Å². The smallest absolute Gasteiger partial charge is 0.240 e. The summed E-state index contributed by atoms with van der Waals surface area (Å²) < 4.78 is 32.4. The Morgan fingerprint density at radius 3 is 2.50 bits per heavy atom. The summed E-state index contributed by atoms with van der Waals surface area (Å²) in [7, 11) is -0.0851. The van der Waals surface area contributed by atoms with Crippen LogP contribution in [0.2, 0.25) is 0 Å². The highest BCUT2D eigenvalue weighted by Crippen LogP contribution is 2.11. The number of hydrogen-bond donors (Lipinski definition) is 3. The van der Waals surface area contributed by atoms with Crippen LogP contribution in [-0.4, -0.2) is 82.9 Å². The van der Waals surface area contributed by atoms with Crippen molar-refractivity contribution in [2.75, 3.05) is 46.1 Å². The van der Waals surface area contributed by atoms with Crippen LogP contribution in [0.4, 0.5) is 0 Å². The number of likely N-dealkylation sites (N-methyl/N-ethyl adjacent to an activating group) is 1. The second-order valence-corrected chi connectivity index (χ2v) is 9.71. The van der Waals surface area contributed by atoms with Crippen molar-refractivity contribution >= 4 is 45.9 Å². The Hall–Kier alpha value is -0.660. The molecule has 0 spiro atoms. The Morgan fingerprint density at radius 1 is 1.29 bits per heavy atom. The Kier molecular flexibility index (Phi) is 12.5. The lowest BCUT2D eigenvalue weighted by Crippen LogP contribution is -2.49. The van der Waals surface area contributed by atoms with Crippen molar-refractivity contribution in [1.82, 2.24) is 20.3 Å². The first-order valence-corrected chi connectivity index (χ1v) is 11.0. The zero-order valence-corrected chi connectivity index (χ0v) is 20.7. The molecule has 1 unspecified atom stereocenters. The molecule has 0 aliphatic carbocycles. The van der Waals surface area contributed by atoms with E-state index in [-0.39, 0.29) is 60.4 Å². The summed E-state index contributed by atoms with van der Waals surface area (Å²) in [5, 5.41) is 5.85. The van der Waals surface area contributed by atoms with E-state index in [4.69, 9.17) is 4.74 Å². The summed E-state index contributed by atoms with van der Waals surface area (Å²) >= 11 is 0. The molecule has 1 aliphatic heterocycles. The molecule has 0 radical (unpaired) electrons. The predicted octanol–water partition coefficient (Wildman–Crippen LogP) is 0.515. The number of carbonyl (C=O) groups is 1. The number of guanidine groups is 1. The van der Waals surface area contributed by atoms with Gasteiger partial charge in [-0.05, 0) is 40.0 Å². The van der Waals surface area contributed by atoms with E-state index in [9.17, 15) is 13.2 Å². The molecule has 0 aromatic rings. The van der Waals surface area contributed by atoms with Gasteiger partial charge in [0.05, 0.1) is 18.4 Å². The first kappa shape index (κ1) is 27.3. The minimum Gasteiger partial charge on any atom is -0.377 e. The Balaban J connectivity index is 0.00000729. The average molecular weight is 533 g/mol. The molecule has 1 atom stereocenters. The quantitative estimate of drug-likeness (QED) is 0.238. The fraction of sp³-hybridized carbons (Fsp3) is 0.882. The highest BCUT2D eigenvalue weighted by Gasteiger charge is 2.19. The van der Waals surface area contributed by atoms with Crippen molar-refractivity contribution in [2.45, 2.75) is 51.7 Å². The van der Waals surface area contributed by atoms with Crippen LogP contribution in [-0.2, 0) is 19.6 Å². The van der Waals surface area contributed by atoms with E-state index in [2.05, 4.69) is 20.3 Å². The number of hydrogen-bond acceptors (Lipinski definition) is 5. The minimum atomic E-state index is -3.40. The number of carbonyl (C=O) groups excluding carboxylic acids is 1. The van der Waals surface area contributed by atoms with E-state index in [1.807, 2.05) is 20.8 Å². The van der Waals surface area contributed by atoms with Gasteiger partial charge in [-0.1, -0.05) is 0 Å². The van der Waals surface area contributed by atoms with Gasteiger partial charge in [-0.25, -0.2) is 13.1 Å². The molecule has 0 bridgehead atoms. The van der Waals surface area contributed by atoms with Crippen LogP contribution in [0.25, 0.3) is 0 Å². The first-order chi connectivity index (χ1) is 12.5. The average Bonchev–Trinajstić information content (AvgIpc) is 2.56. The van der Waals surface area contributed by atoms with E-state index >= 15 is 0 Å². The molecule has 1 rings (SSSR count). The molecular formula is C17H36IN5O4S. The van der Waals surface area contributed by atoms with E-state index in [1.54, 1.807) is 19.0 Å². The molecular weight excluding hydrogens is 497 g/mol. The third kappa shape index (κ3) is 12.0. The SMILES string of the molecule is CN=C(NCCS(=O)(=O)NCC1CCCCO1)N(C)CC(=O)NC(C)(C)C.I. The fourth-order valence-corrected chi connectivity index (χ4v) is 3.65. The van der Waals surface area contributed by atoms with Crippen molar-refractivity contribution < 1.29 is 17.9 Å². The molecule has 28 heavy (non-hydrogen) atoms. The van der Waals surface area contributed by atoms with Crippen molar-refractivity contribution in [3.63, 3.8) is 0 Å². The van der Waals surface area contributed by atoms with Crippen molar-refractivity contribution in [3.8, 4) is 0 Å². The zero-order chi connectivity index (χ0) is 20.5. The van der Waals surface area contributed by atoms with Crippen LogP contribution in [0.3, 0.4) is 0 Å². The van der Waals surface area contributed by atoms with Crippen LogP contribution in [0.5, 0.6) is 0 Å². The molecule has 1 saturated heterocycles. The number of aliphatic imine (C=N–C) groups is 1. The second-order valence-electron chi connectivity index (χ2n) is 7.78. The number of amides is 1. The summed E-state index contributed by atoms with van der Waals surface area (Å²) in [5.41, 5.74) is -0.309. The summed E-state index contributed by atoms with van der Waals surface area (Å²) in [4.78, 5) is 17.7. The Bertz CT molecular complexity index is 601. The van der Waals surface area contributed by atoms with Crippen LogP contribution in [0, 0.1) is 0 Å². The lowest BCUT2D eigenvalue weighted by atomic mass is 10.1. The molecule has 0 aromatic carbocycles. The van der Waals surface area contributed by atoms with Gasteiger partial charge in [0.1, 0.15) is 0 Å². The molecule has 1 amide bonds. The van der Waals surface area contributed by atoms with Gasteiger partial charge in [-0.15, -0.1) is 24.0 Å². The number of nitrogens with one attached hydrogen (secondary N) is 3. The summed E-state index contributed by atoms with van der Waals surface area (Å²) in [5.74, 6) is 0.250. The van der Waals surface area contributed by atoms with Crippen molar-refractivity contribution in [3.05, 3.63) is 0 Å². The number of sulfonamides is 1. The topological polar surface area (TPSA) is 112 Å². The van der Waals surface area contributed by atoms with Gasteiger partial charge >= 0.3 is 0 Å². The number of ether oxygens (including phenoxy) is 1. The largest absolute Gasteiger partial charge is 0.377 e. The molecule has 1 heterocycles. The lowest BCUT2D eigenvalue weighted by molar-refractivity contribution is -0.122. The first-order valence-electron chi connectivity index (χ1n) is 9.34. The maximum Gasteiger partial charge on any atom is 0.240 e. The van der Waals surface area contributed by atoms with Gasteiger partial charge in [0.2, 0.25) is 15.9 Å². The highest BCUT2D eigenvalue weighted by atomic mass is 127. The van der Waals surface area contributed by atoms with E-state index < -0.39 is 10.0 Å². The molecule has 3 N–H and O–H groups in total. The molecule has 0 aromatic heterocycles.